The second-order valence-corrected chi connectivity index (χ2v) is 22.8. The summed E-state index contributed by atoms with van der Waals surface area (Å²) >= 11 is 0. The maximum atomic E-state index is 3.38. The van der Waals surface area contributed by atoms with Crippen molar-refractivity contribution in [2.75, 3.05) is 0 Å². The normalized spacial score (nSPS) is 15.2. The fraction of sp³-hybridized carbons (Fsp3) is 0.475. The monoisotopic (exact) mass is 1060 g/mol. The molecule has 0 bridgehead atoms. The standard InChI is InChI=1S/2C29H37.C3H6.2ClH.Hf/c2*1-28(2,3)24-16-23(17-25(19-24)29(4,5)6)26-14-10-13-21-15-22(18-27(21)26)20-11-8-7-9-12-20;1-3-2;;;/h2*10,13-20H,7-9,11-12H2,1-6H3;1-3H2;2*1H;/q2*-1;-2;;;/p-2. The van der Waals surface area contributed by atoms with Crippen molar-refractivity contribution in [1.29, 1.82) is 0 Å². The van der Waals surface area contributed by atoms with E-state index in [1.807, 2.05) is 0 Å². The fourth-order valence-corrected chi connectivity index (χ4v) is 9.66. The molecule has 0 aromatic heterocycles. The molecule has 0 N–H and O–H groups in total. The van der Waals surface area contributed by atoms with Crippen molar-refractivity contribution < 1.29 is 50.7 Å². The Morgan fingerprint density at radius 2 is 0.719 bits per heavy atom. The van der Waals surface area contributed by atoms with E-state index in [4.69, 9.17) is 0 Å². The molecule has 0 saturated heterocycles. The van der Waals surface area contributed by atoms with Crippen LogP contribution in [0.1, 0.15) is 199 Å². The number of halogens is 2. The number of hydrogen-bond acceptors (Lipinski definition) is 0. The molecule has 64 heavy (non-hydrogen) atoms. The molecule has 3 heteroatoms. The first-order valence-electron chi connectivity index (χ1n) is 24.0. The van der Waals surface area contributed by atoms with Gasteiger partial charge in [0.15, 0.2) is 0 Å². The SMILES string of the molecule is CC(C)(C)c1cc(-c2cccc3[cH-]c(C4CCCCC4)cc23)cc(C(C)(C)C)c1.CC(C)(C)c1cc(-c2cccc3[cH-]c(C4CCCCC4)cc23)cc(C(C)(C)C)c1.[CH2-]C[CH2-].[Cl-].[Cl-].[Hf]. The molecule has 6 aromatic carbocycles. The summed E-state index contributed by atoms with van der Waals surface area (Å²) < 4.78 is 0. The van der Waals surface area contributed by atoms with E-state index in [2.05, 4.69) is 194 Å². The van der Waals surface area contributed by atoms with Crippen LogP contribution in [0, 0.1) is 13.8 Å². The minimum absolute atomic E-state index is 0. The Morgan fingerprint density at radius 3 is 0.984 bits per heavy atom. The zero-order chi connectivity index (χ0) is 44.3. The molecule has 0 amide bonds. The predicted octanol–water partition coefficient (Wildman–Crippen LogP) is 12.8. The van der Waals surface area contributed by atoms with Crippen LogP contribution in [0.5, 0.6) is 0 Å². The first-order chi connectivity index (χ1) is 28.7. The Bertz CT molecular complexity index is 2130. The van der Waals surface area contributed by atoms with Gasteiger partial charge in [-0.2, -0.15) is 12.1 Å². The van der Waals surface area contributed by atoms with E-state index in [-0.39, 0.29) is 72.3 Å². The van der Waals surface area contributed by atoms with Crippen molar-refractivity contribution in [2.24, 2.45) is 0 Å². The van der Waals surface area contributed by atoms with Crippen LogP contribution in [0.4, 0.5) is 0 Å². The van der Waals surface area contributed by atoms with Crippen molar-refractivity contribution in [3.05, 3.63) is 144 Å². The van der Waals surface area contributed by atoms with Crippen LogP contribution in [0.15, 0.2) is 97.1 Å². The van der Waals surface area contributed by atoms with Gasteiger partial charge in [0.25, 0.3) is 0 Å². The van der Waals surface area contributed by atoms with Crippen molar-refractivity contribution >= 4 is 21.5 Å². The second-order valence-electron chi connectivity index (χ2n) is 22.8. The van der Waals surface area contributed by atoms with Gasteiger partial charge in [0.2, 0.25) is 0 Å². The minimum atomic E-state index is 0. The number of hydrogen-bond donors (Lipinski definition) is 0. The Hall–Kier alpha value is -2.45. The molecule has 8 rings (SSSR count). The maximum absolute atomic E-state index is 3.38. The van der Waals surface area contributed by atoms with Crippen molar-refractivity contribution in [1.82, 2.24) is 0 Å². The zero-order valence-electron chi connectivity index (χ0n) is 41.8. The van der Waals surface area contributed by atoms with Crippen molar-refractivity contribution in [2.45, 2.75) is 187 Å². The summed E-state index contributed by atoms with van der Waals surface area (Å²) in [6, 6.07) is 38.2. The van der Waals surface area contributed by atoms with Crippen LogP contribution in [-0.4, -0.2) is 0 Å². The van der Waals surface area contributed by atoms with Gasteiger partial charge >= 0.3 is 0 Å². The fourth-order valence-electron chi connectivity index (χ4n) is 9.66. The smallest absolute Gasteiger partial charge is 0 e. The number of rotatable bonds is 4. The zero-order valence-corrected chi connectivity index (χ0v) is 46.9. The Balaban J connectivity index is 0.000000307. The topological polar surface area (TPSA) is 0 Å². The van der Waals surface area contributed by atoms with Crippen LogP contribution in [0.3, 0.4) is 0 Å². The van der Waals surface area contributed by atoms with E-state index in [1.165, 1.54) is 130 Å². The van der Waals surface area contributed by atoms with Gasteiger partial charge in [-0.05, 0) is 92.6 Å². The minimum Gasteiger partial charge on any atom is -1.00 e. The third-order valence-electron chi connectivity index (χ3n) is 13.7. The van der Waals surface area contributed by atoms with Crippen LogP contribution in [0.2, 0.25) is 0 Å². The van der Waals surface area contributed by atoms with E-state index < -0.39 is 0 Å². The molecule has 0 radical (unpaired) electrons. The van der Waals surface area contributed by atoms with Gasteiger partial charge in [-0.25, -0.2) is 0 Å². The molecule has 0 aliphatic heterocycles. The van der Waals surface area contributed by atoms with E-state index in [9.17, 15) is 0 Å². The second kappa shape index (κ2) is 23.0. The van der Waals surface area contributed by atoms with Gasteiger partial charge in [0, 0.05) is 25.8 Å². The summed E-state index contributed by atoms with van der Waals surface area (Å²) in [6.45, 7) is 34.6. The Kier molecular flexibility index (Phi) is 20.1. The van der Waals surface area contributed by atoms with Gasteiger partial charge in [-0.15, -0.1) is 69.1 Å². The molecule has 0 nitrogen and oxygen atoms in total. The van der Waals surface area contributed by atoms with Crippen LogP contribution in [0.25, 0.3) is 43.8 Å². The van der Waals surface area contributed by atoms with E-state index in [1.54, 1.807) is 11.1 Å². The molecular formula is C61H80Cl2Hf-6. The molecular weight excluding hydrogens is 982 g/mol. The summed E-state index contributed by atoms with van der Waals surface area (Å²) in [7, 11) is 0. The van der Waals surface area contributed by atoms with Crippen molar-refractivity contribution in [3.63, 3.8) is 0 Å². The molecule has 348 valence electrons. The van der Waals surface area contributed by atoms with Gasteiger partial charge in [0.05, 0.1) is 0 Å². The molecule has 0 spiro atoms. The third-order valence-corrected chi connectivity index (χ3v) is 13.7. The Morgan fingerprint density at radius 1 is 0.438 bits per heavy atom. The van der Waals surface area contributed by atoms with E-state index in [0.717, 1.165) is 18.3 Å². The summed E-state index contributed by atoms with van der Waals surface area (Å²) in [5.41, 5.74) is 14.9. The summed E-state index contributed by atoms with van der Waals surface area (Å²) in [5.74, 6) is 1.52. The summed E-state index contributed by atoms with van der Waals surface area (Å²) in [6.07, 6.45) is 14.6. The Labute approximate surface area is 422 Å². The largest absolute Gasteiger partial charge is 1.00 e. The van der Waals surface area contributed by atoms with Crippen molar-refractivity contribution in [3.8, 4) is 22.3 Å². The summed E-state index contributed by atoms with van der Waals surface area (Å²) in [4.78, 5) is 0. The van der Waals surface area contributed by atoms with Gasteiger partial charge in [-0.3, -0.25) is 0 Å². The first-order valence-corrected chi connectivity index (χ1v) is 24.0. The van der Waals surface area contributed by atoms with Crippen LogP contribution >= 0.6 is 0 Å². The molecule has 0 heterocycles. The van der Waals surface area contributed by atoms with Gasteiger partial charge in [-0.1, -0.05) is 181 Å². The molecule has 6 aromatic rings. The first kappa shape index (κ1) is 55.9. The predicted molar refractivity (Wildman–Crippen MR) is 272 cm³/mol. The average Bonchev–Trinajstić information content (AvgIpc) is 3.86. The molecule has 0 atom stereocenters. The van der Waals surface area contributed by atoms with E-state index in [0.29, 0.717) is 0 Å². The molecule has 2 aliphatic carbocycles. The molecule has 2 saturated carbocycles. The van der Waals surface area contributed by atoms with Gasteiger partial charge in [0.1, 0.15) is 0 Å². The quantitative estimate of drug-likeness (QED) is 0.122. The third kappa shape index (κ3) is 13.8. The number of benzene rings is 4. The summed E-state index contributed by atoms with van der Waals surface area (Å²) in [5, 5.41) is 5.67. The maximum Gasteiger partial charge on any atom is 0 e. The van der Waals surface area contributed by atoms with Gasteiger partial charge < -0.3 is 45.1 Å². The molecule has 2 fully saturated rings. The van der Waals surface area contributed by atoms with Crippen LogP contribution < -0.4 is 24.8 Å². The average molecular weight is 1060 g/mol. The van der Waals surface area contributed by atoms with Crippen LogP contribution in [-0.2, 0) is 47.5 Å². The molecule has 2 aliphatic rings. The molecule has 0 unspecified atom stereocenters. The van der Waals surface area contributed by atoms with E-state index >= 15 is 0 Å². The number of fused-ring (bicyclic) bond motifs is 2.